The van der Waals surface area contributed by atoms with Crippen molar-refractivity contribution in [3.63, 3.8) is 0 Å². The molecule has 0 aromatic heterocycles. The van der Waals surface area contributed by atoms with Gasteiger partial charge in [0, 0.05) is 5.92 Å². The Morgan fingerprint density at radius 2 is 2.28 bits per heavy atom. The fourth-order valence-electron chi connectivity index (χ4n) is 1.97. The molecule has 1 aliphatic rings. The van der Waals surface area contributed by atoms with Gasteiger partial charge in [-0.15, -0.1) is 0 Å². The first-order chi connectivity index (χ1) is 8.61. The molecule has 98 valence electrons. The van der Waals surface area contributed by atoms with Crippen LogP contribution >= 0.6 is 0 Å². The van der Waals surface area contributed by atoms with Gasteiger partial charge in [-0.25, -0.2) is 4.79 Å². The van der Waals surface area contributed by atoms with Gasteiger partial charge in [0.15, 0.2) is 0 Å². The number of carbonyl (C=O) groups is 1. The molecule has 0 aliphatic carbocycles. The molecular formula is C13H18N2O3. The summed E-state index contributed by atoms with van der Waals surface area (Å²) in [4.78, 5) is 11.5. The average molecular weight is 250 g/mol. The Labute approximate surface area is 106 Å². The van der Waals surface area contributed by atoms with Crippen LogP contribution in [0.3, 0.4) is 0 Å². The Morgan fingerprint density at radius 1 is 1.50 bits per heavy atom. The van der Waals surface area contributed by atoms with Crippen LogP contribution in [0.25, 0.3) is 0 Å². The van der Waals surface area contributed by atoms with Gasteiger partial charge in [-0.3, -0.25) is 0 Å². The van der Waals surface area contributed by atoms with E-state index >= 15 is 0 Å². The lowest BCUT2D eigenvalue weighted by Crippen LogP contribution is -2.26. The molecule has 0 unspecified atom stereocenters. The molecule has 2 rings (SSSR count). The minimum absolute atomic E-state index is 0.222. The molecule has 1 heterocycles. The Hall–Kier alpha value is -1.75. The number of esters is 1. The van der Waals surface area contributed by atoms with Gasteiger partial charge in [0.25, 0.3) is 0 Å². The second-order valence-electron chi connectivity index (χ2n) is 4.56. The van der Waals surface area contributed by atoms with Crippen molar-refractivity contribution in [3.8, 4) is 0 Å². The van der Waals surface area contributed by atoms with E-state index in [2.05, 4.69) is 12.2 Å². The van der Waals surface area contributed by atoms with Crippen LogP contribution in [-0.2, 0) is 9.47 Å². The molecule has 0 spiro atoms. The number of ether oxygens (including phenoxy) is 2. The minimum atomic E-state index is -0.367. The standard InChI is InChI=1S/C13H18N2O3/c1-8-6-18-7-12(8)15-11-5-9(13(16)17-2)3-4-10(11)14/h3-5,8,12,15H,6-7,14H2,1-2H3/t8-,12+/m1/s1. The van der Waals surface area contributed by atoms with Gasteiger partial charge in [-0.05, 0) is 18.2 Å². The van der Waals surface area contributed by atoms with Crippen molar-refractivity contribution in [3.05, 3.63) is 23.8 Å². The molecule has 2 atom stereocenters. The third-order valence-electron chi connectivity index (χ3n) is 3.18. The molecule has 3 N–H and O–H groups in total. The van der Waals surface area contributed by atoms with Crippen LogP contribution in [0.1, 0.15) is 17.3 Å². The van der Waals surface area contributed by atoms with E-state index < -0.39 is 0 Å². The van der Waals surface area contributed by atoms with Crippen molar-refractivity contribution in [2.45, 2.75) is 13.0 Å². The van der Waals surface area contributed by atoms with Gasteiger partial charge in [-0.1, -0.05) is 6.92 Å². The van der Waals surface area contributed by atoms with Crippen LogP contribution in [0.2, 0.25) is 0 Å². The van der Waals surface area contributed by atoms with Crippen molar-refractivity contribution in [2.75, 3.05) is 31.4 Å². The normalized spacial score (nSPS) is 22.8. The number of hydrogen-bond donors (Lipinski definition) is 2. The van der Waals surface area contributed by atoms with Gasteiger partial charge in [0.05, 0.1) is 43.3 Å². The lowest BCUT2D eigenvalue weighted by atomic mass is 10.1. The molecule has 0 radical (unpaired) electrons. The average Bonchev–Trinajstić information content (AvgIpc) is 2.77. The first-order valence-corrected chi connectivity index (χ1v) is 5.94. The van der Waals surface area contributed by atoms with Crippen LogP contribution in [0.5, 0.6) is 0 Å². The number of rotatable bonds is 3. The number of benzene rings is 1. The molecule has 1 aliphatic heterocycles. The monoisotopic (exact) mass is 250 g/mol. The number of nitrogens with two attached hydrogens (primary N) is 1. The molecule has 1 aromatic rings. The van der Waals surface area contributed by atoms with Gasteiger partial charge >= 0.3 is 5.97 Å². The predicted octanol–water partition coefficient (Wildman–Crippen LogP) is 1.50. The predicted molar refractivity (Wildman–Crippen MR) is 69.6 cm³/mol. The topological polar surface area (TPSA) is 73.6 Å². The Morgan fingerprint density at radius 3 is 2.89 bits per heavy atom. The van der Waals surface area contributed by atoms with E-state index in [9.17, 15) is 4.79 Å². The van der Waals surface area contributed by atoms with Gasteiger partial charge < -0.3 is 20.5 Å². The fraction of sp³-hybridized carbons (Fsp3) is 0.462. The SMILES string of the molecule is COC(=O)c1ccc(N)c(N[C@H]2COC[C@H]2C)c1. The highest BCUT2D eigenvalue weighted by Gasteiger charge is 2.24. The minimum Gasteiger partial charge on any atom is -0.465 e. The second-order valence-corrected chi connectivity index (χ2v) is 4.56. The van der Waals surface area contributed by atoms with Crippen LogP contribution in [0.15, 0.2) is 18.2 Å². The summed E-state index contributed by atoms with van der Waals surface area (Å²) in [6.07, 6.45) is 0. The summed E-state index contributed by atoms with van der Waals surface area (Å²) in [5.41, 5.74) is 7.75. The number of carbonyl (C=O) groups excluding carboxylic acids is 1. The molecule has 0 saturated carbocycles. The lowest BCUT2D eigenvalue weighted by molar-refractivity contribution is 0.0601. The fourth-order valence-corrected chi connectivity index (χ4v) is 1.97. The molecule has 1 saturated heterocycles. The maximum Gasteiger partial charge on any atom is 0.337 e. The van der Waals surface area contributed by atoms with E-state index in [0.717, 1.165) is 12.3 Å². The molecule has 0 amide bonds. The zero-order valence-electron chi connectivity index (χ0n) is 10.6. The summed E-state index contributed by atoms with van der Waals surface area (Å²) >= 11 is 0. The van der Waals surface area contributed by atoms with Crippen LogP contribution in [-0.4, -0.2) is 32.3 Å². The summed E-state index contributed by atoms with van der Waals surface area (Å²) in [5, 5.41) is 3.32. The van der Waals surface area contributed by atoms with Crippen molar-refractivity contribution < 1.29 is 14.3 Å². The van der Waals surface area contributed by atoms with E-state index in [-0.39, 0.29) is 12.0 Å². The van der Waals surface area contributed by atoms with Crippen LogP contribution in [0, 0.1) is 5.92 Å². The second kappa shape index (κ2) is 5.27. The Bertz CT molecular complexity index is 448. The third-order valence-corrected chi connectivity index (χ3v) is 3.18. The third kappa shape index (κ3) is 2.56. The zero-order valence-corrected chi connectivity index (χ0v) is 10.6. The molecule has 0 bridgehead atoms. The van der Waals surface area contributed by atoms with E-state index in [1.807, 2.05) is 0 Å². The summed E-state index contributed by atoms with van der Waals surface area (Å²) in [6, 6.07) is 5.29. The summed E-state index contributed by atoms with van der Waals surface area (Å²) in [5.74, 6) is 0.0555. The van der Waals surface area contributed by atoms with Crippen LogP contribution in [0.4, 0.5) is 11.4 Å². The van der Waals surface area contributed by atoms with Crippen molar-refractivity contribution in [2.24, 2.45) is 5.92 Å². The number of nitrogen functional groups attached to an aromatic ring is 1. The number of methoxy groups -OCH3 is 1. The highest BCUT2D eigenvalue weighted by Crippen LogP contribution is 2.25. The quantitative estimate of drug-likeness (QED) is 0.628. The molecule has 1 fully saturated rings. The molecule has 1 aromatic carbocycles. The maximum atomic E-state index is 11.5. The van der Waals surface area contributed by atoms with Gasteiger partial charge in [0.1, 0.15) is 0 Å². The van der Waals surface area contributed by atoms with E-state index in [1.54, 1.807) is 18.2 Å². The van der Waals surface area contributed by atoms with E-state index in [4.69, 9.17) is 15.2 Å². The maximum absolute atomic E-state index is 11.5. The molecule has 5 nitrogen and oxygen atoms in total. The lowest BCUT2D eigenvalue weighted by Gasteiger charge is -2.18. The van der Waals surface area contributed by atoms with Crippen LogP contribution < -0.4 is 11.1 Å². The molecule has 5 heteroatoms. The summed E-state index contributed by atoms with van der Waals surface area (Å²) in [6.45, 7) is 3.52. The van der Waals surface area contributed by atoms with Crippen molar-refractivity contribution in [1.29, 1.82) is 0 Å². The number of nitrogens with one attached hydrogen (secondary N) is 1. The Kier molecular flexibility index (Phi) is 3.72. The van der Waals surface area contributed by atoms with Crippen molar-refractivity contribution >= 4 is 17.3 Å². The first-order valence-electron chi connectivity index (χ1n) is 5.94. The smallest absolute Gasteiger partial charge is 0.337 e. The first kappa shape index (κ1) is 12.7. The summed E-state index contributed by atoms with van der Waals surface area (Å²) in [7, 11) is 1.36. The van der Waals surface area contributed by atoms with Crippen molar-refractivity contribution in [1.82, 2.24) is 0 Å². The molecule has 18 heavy (non-hydrogen) atoms. The van der Waals surface area contributed by atoms with E-state index in [1.165, 1.54) is 7.11 Å². The zero-order chi connectivity index (χ0) is 13.1. The Balaban J connectivity index is 2.18. The highest BCUT2D eigenvalue weighted by molar-refractivity contribution is 5.92. The largest absolute Gasteiger partial charge is 0.465 e. The van der Waals surface area contributed by atoms with Gasteiger partial charge in [-0.2, -0.15) is 0 Å². The summed E-state index contributed by atoms with van der Waals surface area (Å²) < 4.78 is 10.1. The number of anilines is 2. The number of hydrogen-bond acceptors (Lipinski definition) is 5. The highest BCUT2D eigenvalue weighted by atomic mass is 16.5. The molecular weight excluding hydrogens is 232 g/mol. The van der Waals surface area contributed by atoms with E-state index in [0.29, 0.717) is 23.8 Å². The van der Waals surface area contributed by atoms with Gasteiger partial charge in [0.2, 0.25) is 0 Å².